The number of rotatable bonds is 12. The molecule has 40 heavy (non-hydrogen) atoms. The van der Waals surface area contributed by atoms with Crippen molar-refractivity contribution in [3.8, 4) is 0 Å². The Bertz CT molecular complexity index is 1450. The number of nitrogens with one attached hydrogen (secondary N) is 1. The van der Waals surface area contributed by atoms with Crippen LogP contribution >= 0.6 is 23.2 Å². The van der Waals surface area contributed by atoms with E-state index >= 15 is 0 Å². The molecule has 1 N–H and O–H groups in total. The summed E-state index contributed by atoms with van der Waals surface area (Å²) in [6.07, 6.45) is 1.70. The van der Waals surface area contributed by atoms with Crippen molar-refractivity contribution in [2.45, 2.75) is 58.0 Å². The smallest absolute Gasteiger partial charge is 0.264 e. The van der Waals surface area contributed by atoms with Crippen molar-refractivity contribution in [3.05, 3.63) is 93.5 Å². The number of unbranched alkanes of at least 4 members (excludes halogenated alkanes) is 1. The summed E-state index contributed by atoms with van der Waals surface area (Å²) in [5.41, 5.74) is 2.32. The highest BCUT2D eigenvalue weighted by Gasteiger charge is 2.33. The molecule has 0 spiro atoms. The van der Waals surface area contributed by atoms with Gasteiger partial charge in [-0.25, -0.2) is 8.42 Å². The van der Waals surface area contributed by atoms with E-state index in [9.17, 15) is 18.0 Å². The second-order valence-corrected chi connectivity index (χ2v) is 12.3. The maximum Gasteiger partial charge on any atom is 0.264 e. The number of aryl methyl sites for hydroxylation is 1. The predicted octanol–water partition coefficient (Wildman–Crippen LogP) is 6.14. The molecular formula is C30H35Cl2N3O4S. The molecule has 3 aromatic carbocycles. The molecular weight excluding hydrogens is 569 g/mol. The lowest BCUT2D eigenvalue weighted by Gasteiger charge is -2.32. The molecule has 0 saturated heterocycles. The van der Waals surface area contributed by atoms with E-state index in [4.69, 9.17) is 23.2 Å². The molecule has 0 aliphatic heterocycles. The Morgan fingerprint density at radius 3 is 2.23 bits per heavy atom. The van der Waals surface area contributed by atoms with Gasteiger partial charge in [-0.2, -0.15) is 0 Å². The first kappa shape index (κ1) is 31.5. The fourth-order valence-electron chi connectivity index (χ4n) is 4.15. The maximum atomic E-state index is 14.0. The largest absolute Gasteiger partial charge is 0.354 e. The van der Waals surface area contributed by atoms with Crippen LogP contribution in [0.3, 0.4) is 0 Å². The van der Waals surface area contributed by atoms with Crippen molar-refractivity contribution in [1.29, 1.82) is 0 Å². The number of nitrogens with zero attached hydrogens (tertiary/aromatic N) is 2. The van der Waals surface area contributed by atoms with Crippen LogP contribution in [0.25, 0.3) is 0 Å². The van der Waals surface area contributed by atoms with E-state index in [1.807, 2.05) is 13.8 Å². The average Bonchev–Trinajstić information content (AvgIpc) is 2.92. The summed E-state index contributed by atoms with van der Waals surface area (Å²) in [6.45, 7) is 7.15. The minimum Gasteiger partial charge on any atom is -0.354 e. The van der Waals surface area contributed by atoms with Gasteiger partial charge in [-0.15, -0.1) is 0 Å². The molecule has 0 saturated carbocycles. The Morgan fingerprint density at radius 2 is 1.57 bits per heavy atom. The summed E-state index contributed by atoms with van der Waals surface area (Å²) in [7, 11) is -4.18. The molecule has 3 aromatic rings. The number of halogens is 2. The molecule has 0 aromatic heterocycles. The number of hydrogen-bond acceptors (Lipinski definition) is 4. The highest BCUT2D eigenvalue weighted by Crippen LogP contribution is 2.31. The highest BCUT2D eigenvalue weighted by molar-refractivity contribution is 7.92. The predicted molar refractivity (Wildman–Crippen MR) is 161 cm³/mol. The Balaban J connectivity index is 2.05. The van der Waals surface area contributed by atoms with Gasteiger partial charge in [-0.05, 0) is 68.7 Å². The normalized spacial score (nSPS) is 12.1. The van der Waals surface area contributed by atoms with Crippen molar-refractivity contribution in [1.82, 2.24) is 10.2 Å². The number of hydrogen-bond donors (Lipinski definition) is 1. The van der Waals surface area contributed by atoms with E-state index < -0.39 is 28.5 Å². The van der Waals surface area contributed by atoms with Gasteiger partial charge in [0.2, 0.25) is 11.8 Å². The molecule has 2 amide bonds. The maximum absolute atomic E-state index is 14.0. The van der Waals surface area contributed by atoms with Gasteiger partial charge in [0.1, 0.15) is 12.6 Å². The molecule has 1 unspecified atom stereocenters. The van der Waals surface area contributed by atoms with Crippen LogP contribution in [0.1, 0.15) is 43.4 Å². The second kappa shape index (κ2) is 14.0. The Hall–Kier alpha value is -3.07. The Kier molecular flexibility index (Phi) is 11.0. The van der Waals surface area contributed by atoms with Gasteiger partial charge in [0.05, 0.1) is 10.6 Å². The first-order chi connectivity index (χ1) is 19.0. The van der Waals surface area contributed by atoms with Gasteiger partial charge >= 0.3 is 0 Å². The van der Waals surface area contributed by atoms with Gasteiger partial charge in [-0.3, -0.25) is 13.9 Å². The molecule has 1 atom stereocenters. The lowest BCUT2D eigenvalue weighted by Crippen LogP contribution is -2.51. The van der Waals surface area contributed by atoms with Crippen LogP contribution in [0.4, 0.5) is 5.69 Å². The topological polar surface area (TPSA) is 86.8 Å². The third-order valence-electron chi connectivity index (χ3n) is 6.69. The van der Waals surface area contributed by atoms with Crippen LogP contribution in [0.15, 0.2) is 71.6 Å². The first-order valence-electron chi connectivity index (χ1n) is 13.1. The van der Waals surface area contributed by atoms with E-state index in [-0.39, 0.29) is 23.0 Å². The SMILES string of the molecule is CCCCNC(=O)C(C)N(Cc1ccccc1Cl)C(=O)CN(c1cccc(Cl)c1C)S(=O)(=O)c1ccc(C)cc1. The number of anilines is 1. The molecule has 10 heteroatoms. The number of amides is 2. The van der Waals surface area contributed by atoms with Crippen LogP contribution in [0.2, 0.25) is 10.0 Å². The van der Waals surface area contributed by atoms with Crippen LogP contribution in [-0.2, 0) is 26.2 Å². The molecule has 0 bridgehead atoms. The molecule has 0 aliphatic rings. The number of sulfonamides is 1. The van der Waals surface area contributed by atoms with Gasteiger partial charge in [0.25, 0.3) is 10.0 Å². The van der Waals surface area contributed by atoms with E-state index in [2.05, 4.69) is 5.32 Å². The number of carbonyl (C=O) groups excluding carboxylic acids is 2. The minimum atomic E-state index is -4.18. The molecule has 0 heterocycles. The summed E-state index contributed by atoms with van der Waals surface area (Å²) in [6, 6.07) is 17.5. The summed E-state index contributed by atoms with van der Waals surface area (Å²) >= 11 is 12.8. The molecule has 0 fully saturated rings. The summed E-state index contributed by atoms with van der Waals surface area (Å²) < 4.78 is 29.0. The molecule has 3 rings (SSSR count). The zero-order valence-electron chi connectivity index (χ0n) is 23.2. The molecule has 0 aliphatic carbocycles. The molecule has 0 radical (unpaired) electrons. The average molecular weight is 605 g/mol. The quantitative estimate of drug-likeness (QED) is 0.252. The van der Waals surface area contributed by atoms with E-state index in [0.717, 1.165) is 22.7 Å². The monoisotopic (exact) mass is 603 g/mol. The van der Waals surface area contributed by atoms with Crippen molar-refractivity contribution in [3.63, 3.8) is 0 Å². The number of carbonyl (C=O) groups is 2. The Morgan fingerprint density at radius 1 is 0.925 bits per heavy atom. The standard InChI is InChI=1S/C30H35Cl2N3O4S/c1-5-6-18-33-30(37)23(4)34(19-24-10-7-8-11-27(24)32)29(36)20-35(28-13-9-12-26(31)22(28)3)40(38,39)25-16-14-21(2)15-17-25/h7-17,23H,5-6,18-20H2,1-4H3,(H,33,37). The minimum absolute atomic E-state index is 0.0216. The van der Waals surface area contributed by atoms with E-state index in [0.29, 0.717) is 27.7 Å². The first-order valence-corrected chi connectivity index (χ1v) is 15.3. The van der Waals surface area contributed by atoms with E-state index in [1.54, 1.807) is 68.4 Å². The summed E-state index contributed by atoms with van der Waals surface area (Å²) in [4.78, 5) is 28.5. The van der Waals surface area contributed by atoms with Gasteiger partial charge in [0, 0.05) is 23.1 Å². The van der Waals surface area contributed by atoms with Gasteiger partial charge in [0.15, 0.2) is 0 Å². The lowest BCUT2D eigenvalue weighted by molar-refractivity contribution is -0.139. The van der Waals surface area contributed by atoms with Crippen molar-refractivity contribution >= 4 is 50.7 Å². The van der Waals surface area contributed by atoms with Crippen LogP contribution in [-0.4, -0.2) is 44.3 Å². The Labute approximate surface area is 247 Å². The summed E-state index contributed by atoms with van der Waals surface area (Å²) in [5, 5.41) is 3.67. The third kappa shape index (κ3) is 7.56. The highest BCUT2D eigenvalue weighted by atomic mass is 35.5. The van der Waals surface area contributed by atoms with Crippen molar-refractivity contribution < 1.29 is 18.0 Å². The second-order valence-electron chi connectivity index (χ2n) is 9.64. The van der Waals surface area contributed by atoms with E-state index in [1.165, 1.54) is 17.0 Å². The zero-order valence-corrected chi connectivity index (χ0v) is 25.5. The van der Waals surface area contributed by atoms with Gasteiger partial charge < -0.3 is 10.2 Å². The molecule has 7 nitrogen and oxygen atoms in total. The lowest BCUT2D eigenvalue weighted by atomic mass is 10.1. The van der Waals surface area contributed by atoms with Gasteiger partial charge in [-0.1, -0.05) is 78.5 Å². The van der Waals surface area contributed by atoms with Crippen LogP contribution in [0, 0.1) is 13.8 Å². The van der Waals surface area contributed by atoms with Crippen molar-refractivity contribution in [2.24, 2.45) is 0 Å². The zero-order chi connectivity index (χ0) is 29.4. The fourth-order valence-corrected chi connectivity index (χ4v) is 5.98. The number of benzene rings is 3. The van der Waals surface area contributed by atoms with Crippen molar-refractivity contribution in [2.75, 3.05) is 17.4 Å². The fraction of sp³-hybridized carbons (Fsp3) is 0.333. The van der Waals surface area contributed by atoms with Crippen LogP contribution in [0.5, 0.6) is 0 Å². The van der Waals surface area contributed by atoms with Crippen LogP contribution < -0.4 is 9.62 Å². The molecule has 214 valence electrons. The third-order valence-corrected chi connectivity index (χ3v) is 9.24. The summed E-state index contributed by atoms with van der Waals surface area (Å²) in [5.74, 6) is -0.895.